The van der Waals surface area contributed by atoms with Crippen molar-refractivity contribution < 1.29 is 19.4 Å². The van der Waals surface area contributed by atoms with Gasteiger partial charge in [0.15, 0.2) is 0 Å². The van der Waals surface area contributed by atoms with E-state index in [1.54, 1.807) is 0 Å². The lowest BCUT2D eigenvalue weighted by atomic mass is 9.99. The second-order valence-electron chi connectivity index (χ2n) is 8.96. The number of ketones is 1. The number of anilines is 2. The average Bonchev–Trinajstić information content (AvgIpc) is 3.51. The van der Waals surface area contributed by atoms with Gasteiger partial charge in [-0.3, -0.25) is 14.5 Å². The first-order valence-electron chi connectivity index (χ1n) is 11.7. The molecule has 1 atom stereocenters. The summed E-state index contributed by atoms with van der Waals surface area (Å²) in [7, 11) is 3.51. The number of ether oxygens (including phenoxy) is 1. The Morgan fingerprint density at radius 2 is 1.70 bits per heavy atom. The average molecular weight is 558 g/mol. The molecule has 2 saturated heterocycles. The lowest BCUT2D eigenvalue weighted by Gasteiger charge is -2.34. The number of nitrogens with zero attached hydrogens (tertiary/aromatic N) is 3. The van der Waals surface area contributed by atoms with Gasteiger partial charge in [-0.2, -0.15) is 0 Å². The van der Waals surface area contributed by atoms with Gasteiger partial charge < -0.3 is 19.6 Å². The second kappa shape index (κ2) is 10.4. The minimum absolute atomic E-state index is 0.0489. The molecule has 2 aromatic carbocycles. The zero-order chi connectivity index (χ0) is 26.3. The van der Waals surface area contributed by atoms with Gasteiger partial charge in [-0.25, -0.2) is 0 Å². The molecule has 10 heteroatoms. The van der Waals surface area contributed by atoms with Crippen LogP contribution in [-0.4, -0.2) is 62.0 Å². The van der Waals surface area contributed by atoms with Gasteiger partial charge in [-0.1, -0.05) is 29.3 Å². The number of Topliss-reactive ketones (excluding diaryl/α,β-unsaturated/α-hetero) is 1. The Morgan fingerprint density at radius 1 is 1.03 bits per heavy atom. The highest BCUT2D eigenvalue weighted by Crippen LogP contribution is 2.46. The number of benzene rings is 2. The lowest BCUT2D eigenvalue weighted by molar-refractivity contribution is -0.132. The van der Waals surface area contributed by atoms with Crippen molar-refractivity contribution in [2.75, 3.05) is 50.1 Å². The predicted molar refractivity (Wildman–Crippen MR) is 148 cm³/mol. The standard InChI is InChI=1S/C27H25Cl2N3O4S/c1-30-9-11-31(12-10-30)17-5-7-18(8-6-17)32-23(21-4-3-13-37-21)22(25(34)27(32)35)24(33)19-14-16(28)15-20(29)26(19)36-2/h3-8,13-15,23,33H,9-12H2,1-2H3/b24-22-. The van der Waals surface area contributed by atoms with Crippen LogP contribution in [0.1, 0.15) is 16.5 Å². The molecular weight excluding hydrogens is 533 g/mol. The summed E-state index contributed by atoms with van der Waals surface area (Å²) in [4.78, 5) is 33.6. The quantitative estimate of drug-likeness (QED) is 0.256. The third-order valence-corrected chi connectivity index (χ3v) is 8.14. The van der Waals surface area contributed by atoms with Crippen LogP contribution in [0.4, 0.5) is 11.4 Å². The van der Waals surface area contributed by atoms with E-state index in [2.05, 4.69) is 16.8 Å². The van der Waals surface area contributed by atoms with Crippen LogP contribution in [0.3, 0.4) is 0 Å². The molecule has 192 valence electrons. The number of rotatable bonds is 5. The Morgan fingerprint density at radius 3 is 2.32 bits per heavy atom. The van der Waals surface area contributed by atoms with E-state index < -0.39 is 23.5 Å². The van der Waals surface area contributed by atoms with Crippen molar-refractivity contribution in [3.05, 3.63) is 80.0 Å². The van der Waals surface area contributed by atoms with Crippen LogP contribution in [0.15, 0.2) is 59.5 Å². The van der Waals surface area contributed by atoms with E-state index in [9.17, 15) is 14.7 Å². The Hall–Kier alpha value is -3.04. The SMILES string of the molecule is COc1c(Cl)cc(Cl)cc1/C(O)=C1/C(=O)C(=O)N(c2ccc(N3CCN(C)CC3)cc2)C1c1cccs1. The number of thiophene rings is 1. The Kier molecular flexibility index (Phi) is 7.18. The molecule has 0 radical (unpaired) electrons. The van der Waals surface area contributed by atoms with E-state index in [0.29, 0.717) is 5.69 Å². The molecule has 3 aromatic rings. The smallest absolute Gasteiger partial charge is 0.300 e. The molecule has 2 fully saturated rings. The molecular formula is C27H25Cl2N3O4S. The Balaban J connectivity index is 1.59. The number of amides is 1. The first kappa shape index (κ1) is 25.6. The first-order chi connectivity index (χ1) is 17.8. The number of piperazine rings is 1. The normalized spacial score (nSPS) is 20.1. The number of likely N-dealkylation sites (N-methyl/N-ethyl adjacent to an activating group) is 1. The van der Waals surface area contributed by atoms with E-state index in [-0.39, 0.29) is 26.9 Å². The minimum Gasteiger partial charge on any atom is -0.507 e. The molecule has 1 unspecified atom stereocenters. The highest BCUT2D eigenvalue weighted by molar-refractivity contribution is 7.10. The summed E-state index contributed by atoms with van der Waals surface area (Å²) >= 11 is 13.9. The zero-order valence-electron chi connectivity index (χ0n) is 20.3. The number of methoxy groups -OCH3 is 1. The predicted octanol–water partition coefficient (Wildman–Crippen LogP) is 5.44. The summed E-state index contributed by atoms with van der Waals surface area (Å²) < 4.78 is 5.39. The summed E-state index contributed by atoms with van der Waals surface area (Å²) in [5, 5.41) is 13.7. The summed E-state index contributed by atoms with van der Waals surface area (Å²) in [6.07, 6.45) is 0. The molecule has 2 aliphatic rings. The van der Waals surface area contributed by atoms with Crippen molar-refractivity contribution in [1.82, 2.24) is 4.90 Å². The Labute approximate surface area is 229 Å². The number of halogens is 2. The van der Waals surface area contributed by atoms with Crippen molar-refractivity contribution in [2.45, 2.75) is 6.04 Å². The van der Waals surface area contributed by atoms with Crippen molar-refractivity contribution in [3.63, 3.8) is 0 Å². The van der Waals surface area contributed by atoms with Crippen LogP contribution in [0, 0.1) is 0 Å². The van der Waals surface area contributed by atoms with Gasteiger partial charge in [0.25, 0.3) is 11.7 Å². The van der Waals surface area contributed by atoms with Gasteiger partial charge in [-0.05, 0) is 54.9 Å². The van der Waals surface area contributed by atoms with Crippen molar-refractivity contribution in [2.24, 2.45) is 0 Å². The van der Waals surface area contributed by atoms with E-state index in [1.807, 2.05) is 41.8 Å². The summed E-state index contributed by atoms with van der Waals surface area (Å²) in [6, 6.07) is 13.4. The molecule has 0 aliphatic carbocycles. The van der Waals surface area contributed by atoms with Crippen LogP contribution in [0.5, 0.6) is 5.75 Å². The zero-order valence-corrected chi connectivity index (χ0v) is 22.6. The summed E-state index contributed by atoms with van der Waals surface area (Å²) in [6.45, 7) is 3.79. The van der Waals surface area contributed by atoms with Crippen LogP contribution in [0.25, 0.3) is 5.76 Å². The largest absolute Gasteiger partial charge is 0.507 e. The van der Waals surface area contributed by atoms with Gasteiger partial charge in [0.05, 0.1) is 23.3 Å². The molecule has 0 bridgehead atoms. The van der Waals surface area contributed by atoms with Crippen LogP contribution in [-0.2, 0) is 9.59 Å². The maximum absolute atomic E-state index is 13.4. The number of carbonyl (C=O) groups excluding carboxylic acids is 2. The second-order valence-corrected chi connectivity index (χ2v) is 10.8. The maximum Gasteiger partial charge on any atom is 0.300 e. The molecule has 7 nitrogen and oxygen atoms in total. The summed E-state index contributed by atoms with van der Waals surface area (Å²) in [5.74, 6) is -1.75. The van der Waals surface area contributed by atoms with E-state index in [4.69, 9.17) is 27.9 Å². The van der Waals surface area contributed by atoms with Gasteiger partial charge in [0.1, 0.15) is 17.6 Å². The van der Waals surface area contributed by atoms with Crippen molar-refractivity contribution in [1.29, 1.82) is 0 Å². The van der Waals surface area contributed by atoms with E-state index in [0.717, 1.165) is 36.7 Å². The number of aliphatic hydroxyl groups is 1. The fraction of sp³-hybridized carbons (Fsp3) is 0.259. The number of carbonyl (C=O) groups is 2. The van der Waals surface area contributed by atoms with Gasteiger partial charge in [0, 0.05) is 47.5 Å². The maximum atomic E-state index is 13.4. The van der Waals surface area contributed by atoms with E-state index >= 15 is 0 Å². The molecule has 3 heterocycles. The number of aliphatic hydroxyl groups excluding tert-OH is 1. The highest BCUT2D eigenvalue weighted by atomic mass is 35.5. The van der Waals surface area contributed by atoms with Gasteiger partial charge in [0.2, 0.25) is 0 Å². The lowest BCUT2D eigenvalue weighted by Crippen LogP contribution is -2.44. The number of hydrogen-bond donors (Lipinski definition) is 1. The monoisotopic (exact) mass is 557 g/mol. The van der Waals surface area contributed by atoms with Crippen molar-refractivity contribution in [3.8, 4) is 5.75 Å². The fourth-order valence-corrected chi connectivity index (χ4v) is 6.19. The van der Waals surface area contributed by atoms with Crippen LogP contribution >= 0.6 is 34.5 Å². The molecule has 0 saturated carbocycles. The van der Waals surface area contributed by atoms with Crippen LogP contribution < -0.4 is 14.5 Å². The molecule has 5 rings (SSSR count). The van der Waals surface area contributed by atoms with E-state index in [1.165, 1.54) is 35.5 Å². The highest BCUT2D eigenvalue weighted by Gasteiger charge is 2.47. The molecule has 37 heavy (non-hydrogen) atoms. The van der Waals surface area contributed by atoms with Gasteiger partial charge >= 0.3 is 0 Å². The molecule has 0 spiro atoms. The third-order valence-electron chi connectivity index (χ3n) is 6.72. The topological polar surface area (TPSA) is 73.3 Å². The molecule has 1 amide bonds. The molecule has 1 N–H and O–H groups in total. The first-order valence-corrected chi connectivity index (χ1v) is 13.3. The number of hydrogen-bond acceptors (Lipinski definition) is 7. The molecule has 2 aliphatic heterocycles. The van der Waals surface area contributed by atoms with Crippen molar-refractivity contribution >= 4 is 63.4 Å². The third kappa shape index (κ3) is 4.70. The fourth-order valence-electron chi connectivity index (χ4n) is 4.79. The Bertz CT molecular complexity index is 1370. The van der Waals surface area contributed by atoms with Crippen LogP contribution in [0.2, 0.25) is 10.0 Å². The summed E-state index contributed by atoms with van der Waals surface area (Å²) in [5.41, 5.74) is 1.71. The molecule has 1 aromatic heterocycles. The minimum atomic E-state index is -0.822. The van der Waals surface area contributed by atoms with Gasteiger partial charge in [-0.15, -0.1) is 11.3 Å².